The van der Waals surface area contributed by atoms with E-state index in [4.69, 9.17) is 4.74 Å². The fourth-order valence-corrected chi connectivity index (χ4v) is 3.04. The van der Waals surface area contributed by atoms with Crippen molar-refractivity contribution < 1.29 is 14.3 Å². The van der Waals surface area contributed by atoms with Crippen molar-refractivity contribution in [1.29, 1.82) is 0 Å². The SMILES string of the molecule is COC(=O)C(NC(=O)C1CCc2nc[nH]c2C1)c1ccc(C)cc1. The van der Waals surface area contributed by atoms with Crippen LogP contribution in [0.3, 0.4) is 0 Å². The first-order chi connectivity index (χ1) is 11.6. The highest BCUT2D eigenvalue weighted by molar-refractivity contribution is 5.86. The summed E-state index contributed by atoms with van der Waals surface area (Å²) in [5.41, 5.74) is 3.85. The van der Waals surface area contributed by atoms with Crippen LogP contribution in [0.15, 0.2) is 30.6 Å². The second kappa shape index (κ2) is 6.86. The van der Waals surface area contributed by atoms with Gasteiger partial charge in [0.25, 0.3) is 0 Å². The topological polar surface area (TPSA) is 84.1 Å². The summed E-state index contributed by atoms with van der Waals surface area (Å²) in [6.45, 7) is 1.97. The third kappa shape index (κ3) is 3.32. The van der Waals surface area contributed by atoms with Gasteiger partial charge in [-0.25, -0.2) is 9.78 Å². The fraction of sp³-hybridized carbons (Fsp3) is 0.389. The number of benzene rings is 1. The number of carbonyl (C=O) groups excluding carboxylic acids is 2. The molecule has 0 radical (unpaired) electrons. The molecular formula is C18H21N3O3. The van der Waals surface area contributed by atoms with E-state index in [0.717, 1.165) is 35.4 Å². The molecule has 2 atom stereocenters. The minimum Gasteiger partial charge on any atom is -0.467 e. The van der Waals surface area contributed by atoms with Crippen molar-refractivity contribution in [3.05, 3.63) is 53.1 Å². The number of fused-ring (bicyclic) bond motifs is 1. The molecule has 1 amide bonds. The summed E-state index contributed by atoms with van der Waals surface area (Å²) in [6.07, 6.45) is 3.77. The second-order valence-electron chi connectivity index (χ2n) is 6.14. The fourth-order valence-electron chi connectivity index (χ4n) is 3.04. The van der Waals surface area contributed by atoms with Crippen molar-refractivity contribution in [2.24, 2.45) is 5.92 Å². The number of ether oxygens (including phenoxy) is 1. The van der Waals surface area contributed by atoms with Gasteiger partial charge in [0.15, 0.2) is 6.04 Å². The molecule has 2 aromatic rings. The zero-order valence-electron chi connectivity index (χ0n) is 13.8. The lowest BCUT2D eigenvalue weighted by atomic mass is 9.88. The predicted molar refractivity (Wildman–Crippen MR) is 88.2 cm³/mol. The summed E-state index contributed by atoms with van der Waals surface area (Å²) < 4.78 is 4.86. The first kappa shape index (κ1) is 16.2. The molecule has 0 saturated heterocycles. The van der Waals surface area contributed by atoms with Crippen molar-refractivity contribution in [1.82, 2.24) is 15.3 Å². The van der Waals surface area contributed by atoms with Crippen LogP contribution in [0.5, 0.6) is 0 Å². The number of nitrogens with one attached hydrogen (secondary N) is 2. The van der Waals surface area contributed by atoms with E-state index in [1.54, 1.807) is 6.33 Å². The van der Waals surface area contributed by atoms with Gasteiger partial charge in [-0.2, -0.15) is 0 Å². The first-order valence-electron chi connectivity index (χ1n) is 8.04. The average Bonchev–Trinajstić information content (AvgIpc) is 3.07. The maximum absolute atomic E-state index is 12.6. The Morgan fingerprint density at radius 1 is 1.33 bits per heavy atom. The van der Waals surface area contributed by atoms with Crippen LogP contribution in [0.1, 0.15) is 35.0 Å². The maximum atomic E-state index is 12.6. The Labute approximate surface area is 140 Å². The average molecular weight is 327 g/mol. The van der Waals surface area contributed by atoms with Crippen LogP contribution >= 0.6 is 0 Å². The molecule has 24 heavy (non-hydrogen) atoms. The molecule has 1 heterocycles. The lowest BCUT2D eigenvalue weighted by Gasteiger charge is -2.24. The Bertz CT molecular complexity index is 736. The van der Waals surface area contributed by atoms with Crippen LogP contribution in [0.25, 0.3) is 0 Å². The molecule has 3 rings (SSSR count). The quantitative estimate of drug-likeness (QED) is 0.840. The van der Waals surface area contributed by atoms with E-state index >= 15 is 0 Å². The van der Waals surface area contributed by atoms with Crippen molar-refractivity contribution in [3.63, 3.8) is 0 Å². The van der Waals surface area contributed by atoms with Crippen molar-refractivity contribution in [2.45, 2.75) is 32.2 Å². The van der Waals surface area contributed by atoms with Gasteiger partial charge in [-0.05, 0) is 25.3 Å². The molecule has 0 saturated carbocycles. The van der Waals surface area contributed by atoms with E-state index < -0.39 is 12.0 Å². The highest BCUT2D eigenvalue weighted by atomic mass is 16.5. The number of nitrogens with zero attached hydrogens (tertiary/aromatic N) is 1. The normalized spacial score (nSPS) is 17.7. The minimum atomic E-state index is -0.786. The summed E-state index contributed by atoms with van der Waals surface area (Å²) in [5, 5.41) is 2.85. The van der Waals surface area contributed by atoms with Crippen molar-refractivity contribution in [2.75, 3.05) is 7.11 Å². The van der Waals surface area contributed by atoms with Gasteiger partial charge in [-0.3, -0.25) is 4.79 Å². The van der Waals surface area contributed by atoms with Crippen LogP contribution in [0.2, 0.25) is 0 Å². The Hall–Kier alpha value is -2.63. The summed E-state index contributed by atoms with van der Waals surface area (Å²) in [4.78, 5) is 32.1. The number of methoxy groups -OCH3 is 1. The standard InChI is InChI=1S/C18H21N3O3/c1-11-3-5-12(6-4-11)16(18(23)24-2)21-17(22)13-7-8-14-15(9-13)20-10-19-14/h3-6,10,13,16H,7-9H2,1-2H3,(H,19,20)(H,21,22). The van der Waals surface area contributed by atoms with Gasteiger partial charge in [0.1, 0.15) is 0 Å². The molecule has 1 aliphatic carbocycles. The van der Waals surface area contributed by atoms with Gasteiger partial charge in [-0.1, -0.05) is 29.8 Å². The monoisotopic (exact) mass is 327 g/mol. The molecule has 2 N–H and O–H groups in total. The van der Waals surface area contributed by atoms with E-state index in [1.807, 2.05) is 31.2 Å². The number of H-pyrrole nitrogens is 1. The number of hydrogen-bond acceptors (Lipinski definition) is 4. The highest BCUT2D eigenvalue weighted by Crippen LogP contribution is 2.24. The Morgan fingerprint density at radius 2 is 2.08 bits per heavy atom. The van der Waals surface area contributed by atoms with E-state index in [0.29, 0.717) is 6.42 Å². The predicted octanol–water partition coefficient (Wildman–Crippen LogP) is 1.85. The van der Waals surface area contributed by atoms with Crippen LogP contribution in [-0.4, -0.2) is 29.0 Å². The number of esters is 1. The number of amides is 1. The van der Waals surface area contributed by atoms with Gasteiger partial charge in [0.2, 0.25) is 5.91 Å². The molecule has 6 nitrogen and oxygen atoms in total. The van der Waals surface area contributed by atoms with Crippen molar-refractivity contribution >= 4 is 11.9 Å². The number of hydrogen-bond donors (Lipinski definition) is 2. The van der Waals surface area contributed by atoms with Gasteiger partial charge in [0.05, 0.1) is 19.1 Å². The van der Waals surface area contributed by atoms with E-state index in [1.165, 1.54) is 7.11 Å². The summed E-state index contributed by atoms with van der Waals surface area (Å²) in [7, 11) is 1.33. The molecule has 6 heteroatoms. The molecule has 0 aliphatic heterocycles. The van der Waals surface area contributed by atoms with Gasteiger partial charge in [-0.15, -0.1) is 0 Å². The molecule has 1 aromatic carbocycles. The largest absolute Gasteiger partial charge is 0.467 e. The third-order valence-electron chi connectivity index (χ3n) is 4.49. The number of aromatic amines is 1. The van der Waals surface area contributed by atoms with Crippen LogP contribution in [0, 0.1) is 12.8 Å². The maximum Gasteiger partial charge on any atom is 0.333 e. The number of rotatable bonds is 4. The highest BCUT2D eigenvalue weighted by Gasteiger charge is 2.30. The number of imidazole rings is 1. The zero-order chi connectivity index (χ0) is 17.1. The molecular weight excluding hydrogens is 306 g/mol. The molecule has 126 valence electrons. The van der Waals surface area contributed by atoms with Crippen LogP contribution < -0.4 is 5.32 Å². The molecule has 1 aliphatic rings. The molecule has 1 aromatic heterocycles. The van der Waals surface area contributed by atoms with Crippen molar-refractivity contribution in [3.8, 4) is 0 Å². The zero-order valence-corrected chi connectivity index (χ0v) is 13.8. The molecule has 0 fully saturated rings. The number of aromatic nitrogens is 2. The van der Waals surface area contributed by atoms with Gasteiger partial charge in [0, 0.05) is 18.0 Å². The van der Waals surface area contributed by atoms with Crippen LogP contribution in [0.4, 0.5) is 0 Å². The Morgan fingerprint density at radius 3 is 2.79 bits per heavy atom. The number of aryl methyl sites for hydroxylation is 2. The Kier molecular flexibility index (Phi) is 4.64. The molecule has 0 bridgehead atoms. The lowest BCUT2D eigenvalue weighted by molar-refractivity contribution is -0.145. The van der Waals surface area contributed by atoms with Gasteiger partial charge >= 0.3 is 5.97 Å². The first-order valence-corrected chi connectivity index (χ1v) is 8.04. The Balaban J connectivity index is 1.74. The minimum absolute atomic E-state index is 0.133. The van der Waals surface area contributed by atoms with E-state index in [2.05, 4.69) is 15.3 Å². The summed E-state index contributed by atoms with van der Waals surface area (Å²) in [5.74, 6) is -0.771. The van der Waals surface area contributed by atoms with Gasteiger partial charge < -0.3 is 15.0 Å². The lowest BCUT2D eigenvalue weighted by Crippen LogP contribution is -2.40. The third-order valence-corrected chi connectivity index (χ3v) is 4.49. The number of carbonyl (C=O) groups is 2. The summed E-state index contributed by atoms with van der Waals surface area (Å²) >= 11 is 0. The molecule has 0 spiro atoms. The van der Waals surface area contributed by atoms with E-state index in [9.17, 15) is 9.59 Å². The smallest absolute Gasteiger partial charge is 0.333 e. The van der Waals surface area contributed by atoms with Crippen LogP contribution in [-0.2, 0) is 27.2 Å². The second-order valence-corrected chi connectivity index (χ2v) is 6.14. The summed E-state index contributed by atoms with van der Waals surface area (Å²) in [6, 6.07) is 6.71. The van der Waals surface area contributed by atoms with E-state index in [-0.39, 0.29) is 11.8 Å². The molecule has 2 unspecified atom stereocenters.